The van der Waals surface area contributed by atoms with Crippen LogP contribution in [0.3, 0.4) is 0 Å². The van der Waals surface area contributed by atoms with Gasteiger partial charge in [-0.1, -0.05) is 6.42 Å². The van der Waals surface area contributed by atoms with Crippen molar-refractivity contribution in [2.24, 2.45) is 0 Å². The summed E-state index contributed by atoms with van der Waals surface area (Å²) in [4.78, 5) is 8.50. The molecule has 0 amide bonds. The molecule has 0 radical (unpaired) electrons. The molecule has 1 aliphatic rings. The summed E-state index contributed by atoms with van der Waals surface area (Å²) in [5.41, 5.74) is 2.06. The first kappa shape index (κ1) is 15.9. The Labute approximate surface area is 146 Å². The van der Waals surface area contributed by atoms with E-state index < -0.39 is 0 Å². The fourth-order valence-corrected chi connectivity index (χ4v) is 3.24. The molecule has 25 heavy (non-hydrogen) atoms. The number of aliphatic hydroxyl groups is 1. The summed E-state index contributed by atoms with van der Waals surface area (Å²) in [6.45, 7) is 0.661. The van der Waals surface area contributed by atoms with E-state index in [9.17, 15) is 5.11 Å². The van der Waals surface area contributed by atoms with E-state index in [0.717, 1.165) is 42.8 Å². The molecule has 0 saturated heterocycles. The molecule has 3 aromatic rings. The highest BCUT2D eigenvalue weighted by molar-refractivity contribution is 5.47. The Hall–Kier alpha value is -2.60. The first-order chi connectivity index (χ1) is 12.3. The summed E-state index contributed by atoms with van der Waals surface area (Å²) in [6.07, 6.45) is 9.05. The molecule has 0 bridgehead atoms. The number of fused-ring (bicyclic) bond motifs is 1. The number of ether oxygens (including phenoxy) is 1. The van der Waals surface area contributed by atoms with Crippen LogP contribution in [0.25, 0.3) is 5.78 Å². The third-order valence-corrected chi connectivity index (χ3v) is 4.65. The maximum absolute atomic E-state index is 10.0. The molecule has 2 atom stereocenters. The van der Waals surface area contributed by atoms with Crippen LogP contribution in [-0.4, -0.2) is 31.7 Å². The number of imidazole rings is 1. The fourth-order valence-electron chi connectivity index (χ4n) is 3.24. The zero-order valence-corrected chi connectivity index (χ0v) is 14.0. The van der Waals surface area contributed by atoms with Crippen molar-refractivity contribution in [1.82, 2.24) is 14.4 Å². The van der Waals surface area contributed by atoms with Gasteiger partial charge in [0.25, 0.3) is 0 Å². The largest absolute Gasteiger partial charge is 0.488 e. The minimum atomic E-state index is -0.352. The summed E-state index contributed by atoms with van der Waals surface area (Å²) < 4.78 is 7.90. The average Bonchev–Trinajstić information content (AvgIpc) is 3.06. The second kappa shape index (κ2) is 7.11. The van der Waals surface area contributed by atoms with Gasteiger partial charge in [-0.05, 0) is 49.6 Å². The molecular formula is C19H22N4O2. The van der Waals surface area contributed by atoms with Crippen LogP contribution in [0.1, 0.15) is 31.4 Å². The van der Waals surface area contributed by atoms with Gasteiger partial charge in [-0.2, -0.15) is 0 Å². The van der Waals surface area contributed by atoms with Crippen LogP contribution in [0, 0.1) is 0 Å². The van der Waals surface area contributed by atoms with Crippen molar-refractivity contribution in [3.05, 3.63) is 54.6 Å². The van der Waals surface area contributed by atoms with Gasteiger partial charge in [-0.15, -0.1) is 0 Å². The molecule has 130 valence electrons. The number of anilines is 1. The van der Waals surface area contributed by atoms with E-state index >= 15 is 0 Å². The lowest BCUT2D eigenvalue weighted by Gasteiger charge is -2.28. The number of rotatable bonds is 5. The first-order valence-corrected chi connectivity index (χ1v) is 8.75. The molecule has 6 nitrogen and oxygen atoms in total. The Kier molecular flexibility index (Phi) is 4.52. The van der Waals surface area contributed by atoms with E-state index in [2.05, 4.69) is 15.3 Å². The Morgan fingerprint density at radius 2 is 2.00 bits per heavy atom. The SMILES string of the molecule is OC1CCCCC1Oc1ccc(NCc2cnc3ncccn23)cc1. The molecule has 1 fully saturated rings. The quantitative estimate of drug-likeness (QED) is 0.748. The van der Waals surface area contributed by atoms with E-state index in [1.165, 1.54) is 0 Å². The van der Waals surface area contributed by atoms with Gasteiger partial charge in [-0.3, -0.25) is 4.40 Å². The van der Waals surface area contributed by atoms with Crippen LogP contribution in [-0.2, 0) is 6.54 Å². The number of hydrogen-bond donors (Lipinski definition) is 2. The number of benzene rings is 1. The summed E-state index contributed by atoms with van der Waals surface area (Å²) in [7, 11) is 0. The van der Waals surface area contributed by atoms with Gasteiger partial charge in [0.1, 0.15) is 11.9 Å². The molecule has 2 heterocycles. The Bertz CT molecular complexity index is 831. The Morgan fingerprint density at radius 1 is 1.16 bits per heavy atom. The van der Waals surface area contributed by atoms with E-state index in [1.807, 2.05) is 47.1 Å². The van der Waals surface area contributed by atoms with Gasteiger partial charge in [-0.25, -0.2) is 9.97 Å². The van der Waals surface area contributed by atoms with Gasteiger partial charge in [0.2, 0.25) is 5.78 Å². The minimum absolute atomic E-state index is 0.0850. The second-order valence-electron chi connectivity index (χ2n) is 6.43. The lowest BCUT2D eigenvalue weighted by molar-refractivity contribution is 0.00688. The maximum atomic E-state index is 10.0. The lowest BCUT2D eigenvalue weighted by Crippen LogP contribution is -2.34. The van der Waals surface area contributed by atoms with E-state index in [1.54, 1.807) is 6.20 Å². The van der Waals surface area contributed by atoms with Crippen molar-refractivity contribution in [3.8, 4) is 5.75 Å². The van der Waals surface area contributed by atoms with Crippen LogP contribution in [0.15, 0.2) is 48.9 Å². The zero-order valence-electron chi connectivity index (χ0n) is 14.0. The molecule has 1 saturated carbocycles. The predicted octanol–water partition coefficient (Wildman–Crippen LogP) is 3.02. The predicted molar refractivity (Wildman–Crippen MR) is 95.6 cm³/mol. The number of aromatic nitrogens is 3. The van der Waals surface area contributed by atoms with Gasteiger partial charge in [0.05, 0.1) is 24.5 Å². The van der Waals surface area contributed by atoms with E-state index in [-0.39, 0.29) is 12.2 Å². The molecule has 1 aliphatic carbocycles. The molecule has 6 heteroatoms. The maximum Gasteiger partial charge on any atom is 0.233 e. The van der Waals surface area contributed by atoms with Crippen molar-refractivity contribution in [2.45, 2.75) is 44.4 Å². The van der Waals surface area contributed by atoms with Gasteiger partial charge >= 0.3 is 0 Å². The van der Waals surface area contributed by atoms with Crippen LogP contribution >= 0.6 is 0 Å². The molecule has 0 aliphatic heterocycles. The standard InChI is InChI=1S/C19H22N4O2/c24-17-4-1-2-5-18(17)25-16-8-6-14(7-9-16)21-12-15-13-22-19-20-10-3-11-23(15)19/h3,6-11,13,17-18,21,24H,1-2,4-5,12H2. The molecule has 2 N–H and O–H groups in total. The van der Waals surface area contributed by atoms with E-state index in [4.69, 9.17) is 4.74 Å². The second-order valence-corrected chi connectivity index (χ2v) is 6.43. The Balaban J connectivity index is 1.37. The molecule has 1 aromatic carbocycles. The fraction of sp³-hybridized carbons (Fsp3) is 0.368. The normalized spacial score (nSPS) is 20.5. The van der Waals surface area contributed by atoms with Gasteiger partial charge in [0.15, 0.2) is 0 Å². The summed E-state index contributed by atoms with van der Waals surface area (Å²) in [6, 6.07) is 9.77. The number of nitrogens with one attached hydrogen (secondary N) is 1. The van der Waals surface area contributed by atoms with Crippen molar-refractivity contribution in [2.75, 3.05) is 5.32 Å². The summed E-state index contributed by atoms with van der Waals surface area (Å²) in [5, 5.41) is 13.4. The van der Waals surface area contributed by atoms with E-state index in [0.29, 0.717) is 12.3 Å². The van der Waals surface area contributed by atoms with Crippen molar-refractivity contribution >= 4 is 11.5 Å². The highest BCUT2D eigenvalue weighted by Gasteiger charge is 2.24. The first-order valence-electron chi connectivity index (χ1n) is 8.75. The lowest BCUT2D eigenvalue weighted by atomic mass is 9.95. The van der Waals surface area contributed by atoms with Crippen LogP contribution in [0.5, 0.6) is 5.75 Å². The highest BCUT2D eigenvalue weighted by Crippen LogP contribution is 2.25. The number of nitrogens with zero attached hydrogens (tertiary/aromatic N) is 3. The molecule has 4 rings (SSSR count). The van der Waals surface area contributed by atoms with Crippen molar-refractivity contribution in [3.63, 3.8) is 0 Å². The highest BCUT2D eigenvalue weighted by atomic mass is 16.5. The molecular weight excluding hydrogens is 316 g/mol. The monoisotopic (exact) mass is 338 g/mol. The molecule has 2 aromatic heterocycles. The number of aliphatic hydroxyl groups excluding tert-OH is 1. The van der Waals surface area contributed by atoms with Crippen molar-refractivity contribution in [1.29, 1.82) is 0 Å². The van der Waals surface area contributed by atoms with Gasteiger partial charge in [0, 0.05) is 18.1 Å². The number of hydrogen-bond acceptors (Lipinski definition) is 5. The topological polar surface area (TPSA) is 71.7 Å². The Morgan fingerprint density at radius 3 is 2.84 bits per heavy atom. The summed E-state index contributed by atoms with van der Waals surface area (Å²) >= 11 is 0. The van der Waals surface area contributed by atoms with Crippen molar-refractivity contribution < 1.29 is 9.84 Å². The minimum Gasteiger partial charge on any atom is -0.488 e. The third-order valence-electron chi connectivity index (χ3n) is 4.65. The third kappa shape index (κ3) is 3.58. The smallest absolute Gasteiger partial charge is 0.233 e. The zero-order chi connectivity index (χ0) is 17.1. The van der Waals surface area contributed by atoms with Crippen LogP contribution < -0.4 is 10.1 Å². The molecule has 0 spiro atoms. The van der Waals surface area contributed by atoms with Gasteiger partial charge < -0.3 is 15.2 Å². The van der Waals surface area contributed by atoms with Crippen LogP contribution in [0.2, 0.25) is 0 Å². The average molecular weight is 338 g/mol. The summed E-state index contributed by atoms with van der Waals surface area (Å²) in [5.74, 6) is 1.50. The van der Waals surface area contributed by atoms with Crippen LogP contribution in [0.4, 0.5) is 5.69 Å². The molecule has 2 unspecified atom stereocenters.